The van der Waals surface area contributed by atoms with E-state index in [1.807, 2.05) is 18.7 Å². The molecule has 0 bridgehead atoms. The zero-order valence-corrected chi connectivity index (χ0v) is 13.4. The van der Waals surface area contributed by atoms with Crippen LogP contribution in [0.1, 0.15) is 40.0 Å². The molecule has 1 aliphatic heterocycles. The van der Waals surface area contributed by atoms with Crippen molar-refractivity contribution in [2.75, 3.05) is 32.8 Å². The Bertz CT molecular complexity index is 350. The largest absolute Gasteiger partial charge is 0.481 e. The number of hydrogen-bond acceptors (Lipinski definition) is 4. The molecule has 0 saturated carbocycles. The summed E-state index contributed by atoms with van der Waals surface area (Å²) in [5.41, 5.74) is -0.638. The SMILES string of the molecule is CC(C)OCCCNC(=O)CN1CCC(C)(C(=O)O)CC1. The summed E-state index contributed by atoms with van der Waals surface area (Å²) in [6, 6.07) is 0. The molecule has 1 rings (SSSR count). The van der Waals surface area contributed by atoms with E-state index in [4.69, 9.17) is 9.84 Å². The number of piperidine rings is 1. The van der Waals surface area contributed by atoms with Crippen molar-refractivity contribution in [1.29, 1.82) is 0 Å². The monoisotopic (exact) mass is 300 g/mol. The Hall–Kier alpha value is -1.14. The normalized spacial score (nSPS) is 18.7. The highest BCUT2D eigenvalue weighted by atomic mass is 16.5. The first kappa shape index (κ1) is 17.9. The predicted octanol–water partition coefficient (Wildman–Crippen LogP) is 1.10. The Balaban J connectivity index is 2.15. The fourth-order valence-electron chi connectivity index (χ4n) is 2.30. The summed E-state index contributed by atoms with van der Waals surface area (Å²) in [5, 5.41) is 12.0. The second kappa shape index (κ2) is 8.34. The summed E-state index contributed by atoms with van der Waals surface area (Å²) >= 11 is 0. The third-order valence-corrected chi connectivity index (χ3v) is 3.94. The third kappa shape index (κ3) is 6.44. The van der Waals surface area contributed by atoms with Crippen LogP contribution in [0.25, 0.3) is 0 Å². The fourth-order valence-corrected chi connectivity index (χ4v) is 2.30. The topological polar surface area (TPSA) is 78.9 Å². The molecule has 2 N–H and O–H groups in total. The number of hydrogen-bond donors (Lipinski definition) is 2. The van der Waals surface area contributed by atoms with Crippen LogP contribution in [-0.2, 0) is 14.3 Å². The first-order valence-electron chi connectivity index (χ1n) is 7.67. The lowest BCUT2D eigenvalue weighted by atomic mass is 9.80. The van der Waals surface area contributed by atoms with Crippen LogP contribution in [-0.4, -0.2) is 60.8 Å². The third-order valence-electron chi connectivity index (χ3n) is 3.94. The highest BCUT2D eigenvalue weighted by Crippen LogP contribution is 2.30. The maximum absolute atomic E-state index is 11.8. The average Bonchev–Trinajstić information content (AvgIpc) is 2.40. The Labute approximate surface area is 126 Å². The first-order chi connectivity index (χ1) is 9.83. The van der Waals surface area contributed by atoms with Gasteiger partial charge in [-0.3, -0.25) is 14.5 Å². The molecular formula is C15H28N2O4. The zero-order chi connectivity index (χ0) is 15.9. The second-order valence-corrected chi connectivity index (χ2v) is 6.27. The number of likely N-dealkylation sites (tertiary alicyclic amines) is 1. The molecule has 6 nitrogen and oxygen atoms in total. The van der Waals surface area contributed by atoms with Gasteiger partial charge in [0.05, 0.1) is 18.1 Å². The number of carbonyl (C=O) groups excluding carboxylic acids is 1. The van der Waals surface area contributed by atoms with E-state index in [0.717, 1.165) is 6.42 Å². The highest BCUT2D eigenvalue weighted by Gasteiger charge is 2.36. The van der Waals surface area contributed by atoms with Crippen molar-refractivity contribution >= 4 is 11.9 Å². The number of carboxylic acid groups (broad SMARTS) is 1. The van der Waals surface area contributed by atoms with Crippen molar-refractivity contribution in [1.82, 2.24) is 10.2 Å². The Kier molecular flexibility index (Phi) is 7.11. The standard InChI is InChI=1S/C15H28N2O4/c1-12(2)21-10-4-7-16-13(18)11-17-8-5-15(3,6-9-17)14(19)20/h12H,4-11H2,1-3H3,(H,16,18)(H,19,20). The van der Waals surface area contributed by atoms with E-state index in [-0.39, 0.29) is 12.0 Å². The second-order valence-electron chi connectivity index (χ2n) is 6.27. The van der Waals surface area contributed by atoms with Crippen LogP contribution >= 0.6 is 0 Å². The quantitative estimate of drug-likeness (QED) is 0.656. The molecule has 0 atom stereocenters. The van der Waals surface area contributed by atoms with Gasteiger partial charge in [0.15, 0.2) is 0 Å². The van der Waals surface area contributed by atoms with E-state index in [0.29, 0.717) is 45.6 Å². The van der Waals surface area contributed by atoms with Gasteiger partial charge in [-0.2, -0.15) is 0 Å². The van der Waals surface area contributed by atoms with E-state index in [2.05, 4.69) is 5.32 Å². The van der Waals surface area contributed by atoms with Gasteiger partial charge >= 0.3 is 5.97 Å². The Morgan fingerprint density at radius 1 is 1.33 bits per heavy atom. The number of amides is 1. The van der Waals surface area contributed by atoms with Gasteiger partial charge in [-0.1, -0.05) is 0 Å². The van der Waals surface area contributed by atoms with Gasteiger partial charge in [0.1, 0.15) is 0 Å². The molecule has 0 aromatic heterocycles. The average molecular weight is 300 g/mol. The van der Waals surface area contributed by atoms with E-state index in [1.54, 1.807) is 6.92 Å². The molecule has 1 aliphatic rings. The molecule has 21 heavy (non-hydrogen) atoms. The molecule has 0 aromatic rings. The number of rotatable bonds is 8. The van der Waals surface area contributed by atoms with Crippen LogP contribution in [0, 0.1) is 5.41 Å². The number of nitrogens with zero attached hydrogens (tertiary/aromatic N) is 1. The maximum Gasteiger partial charge on any atom is 0.309 e. The molecule has 1 heterocycles. The summed E-state index contributed by atoms with van der Waals surface area (Å²) in [6.45, 7) is 8.69. The molecule has 0 spiro atoms. The van der Waals surface area contributed by atoms with Crippen molar-refractivity contribution in [3.63, 3.8) is 0 Å². The van der Waals surface area contributed by atoms with Crippen LogP contribution in [0.15, 0.2) is 0 Å². The molecule has 1 amide bonds. The predicted molar refractivity (Wildman–Crippen MR) is 80.1 cm³/mol. The Morgan fingerprint density at radius 2 is 1.95 bits per heavy atom. The lowest BCUT2D eigenvalue weighted by Crippen LogP contribution is -2.46. The molecule has 0 aliphatic carbocycles. The van der Waals surface area contributed by atoms with Crippen molar-refractivity contribution in [2.24, 2.45) is 5.41 Å². The summed E-state index contributed by atoms with van der Waals surface area (Å²) in [4.78, 5) is 25.0. The number of aliphatic carboxylic acids is 1. The molecule has 0 radical (unpaired) electrons. The van der Waals surface area contributed by atoms with Crippen molar-refractivity contribution in [2.45, 2.75) is 46.1 Å². The summed E-state index contributed by atoms with van der Waals surface area (Å²) in [5.74, 6) is -0.741. The van der Waals surface area contributed by atoms with E-state index >= 15 is 0 Å². The van der Waals surface area contributed by atoms with Gasteiger partial charge < -0.3 is 15.2 Å². The van der Waals surface area contributed by atoms with Crippen molar-refractivity contribution in [3.05, 3.63) is 0 Å². The zero-order valence-electron chi connectivity index (χ0n) is 13.4. The summed E-state index contributed by atoms with van der Waals surface area (Å²) < 4.78 is 5.40. The smallest absolute Gasteiger partial charge is 0.309 e. The van der Waals surface area contributed by atoms with E-state index in [1.165, 1.54) is 0 Å². The molecule has 1 saturated heterocycles. The maximum atomic E-state index is 11.8. The van der Waals surface area contributed by atoms with Crippen molar-refractivity contribution in [3.8, 4) is 0 Å². The van der Waals surface area contributed by atoms with Gasteiger partial charge in [0.2, 0.25) is 5.91 Å². The number of ether oxygens (including phenoxy) is 1. The van der Waals surface area contributed by atoms with E-state index < -0.39 is 11.4 Å². The highest BCUT2D eigenvalue weighted by molar-refractivity contribution is 5.78. The van der Waals surface area contributed by atoms with Crippen LogP contribution in [0.4, 0.5) is 0 Å². The molecular weight excluding hydrogens is 272 g/mol. The minimum absolute atomic E-state index is 0.00141. The minimum Gasteiger partial charge on any atom is -0.481 e. The summed E-state index contributed by atoms with van der Waals surface area (Å²) in [6.07, 6.45) is 2.22. The van der Waals surface area contributed by atoms with Gasteiger partial charge in [-0.15, -0.1) is 0 Å². The molecule has 122 valence electrons. The Morgan fingerprint density at radius 3 is 2.48 bits per heavy atom. The molecule has 1 fully saturated rings. The van der Waals surface area contributed by atoms with E-state index in [9.17, 15) is 9.59 Å². The number of carboxylic acids is 1. The van der Waals surface area contributed by atoms with Crippen LogP contribution < -0.4 is 5.32 Å². The van der Waals surface area contributed by atoms with Gasteiger partial charge in [-0.05, 0) is 53.1 Å². The van der Waals surface area contributed by atoms with Crippen molar-refractivity contribution < 1.29 is 19.4 Å². The molecule has 0 aromatic carbocycles. The first-order valence-corrected chi connectivity index (χ1v) is 7.67. The lowest BCUT2D eigenvalue weighted by molar-refractivity contribution is -0.150. The number of nitrogens with one attached hydrogen (secondary N) is 1. The molecule has 0 unspecified atom stereocenters. The minimum atomic E-state index is -0.739. The van der Waals surface area contributed by atoms with Crippen LogP contribution in [0.5, 0.6) is 0 Å². The van der Waals surface area contributed by atoms with Crippen LogP contribution in [0.2, 0.25) is 0 Å². The summed E-state index contributed by atoms with van der Waals surface area (Å²) in [7, 11) is 0. The van der Waals surface area contributed by atoms with Crippen LogP contribution in [0.3, 0.4) is 0 Å². The molecule has 6 heteroatoms. The van der Waals surface area contributed by atoms with Gasteiger partial charge in [0, 0.05) is 13.2 Å². The lowest BCUT2D eigenvalue weighted by Gasteiger charge is -2.36. The van der Waals surface area contributed by atoms with Gasteiger partial charge in [0.25, 0.3) is 0 Å². The number of carbonyl (C=O) groups is 2. The van der Waals surface area contributed by atoms with Gasteiger partial charge in [-0.25, -0.2) is 0 Å². The fraction of sp³-hybridized carbons (Fsp3) is 0.867.